The maximum Gasteiger partial charge on any atom is 0.267 e. The van der Waals surface area contributed by atoms with Gasteiger partial charge in [-0.3, -0.25) is 9.59 Å². The summed E-state index contributed by atoms with van der Waals surface area (Å²) in [5, 5.41) is 7.98. The van der Waals surface area contributed by atoms with Gasteiger partial charge < -0.3 is 10.2 Å². The maximum absolute atomic E-state index is 12.0. The van der Waals surface area contributed by atoms with Crippen LogP contribution >= 0.6 is 0 Å². The summed E-state index contributed by atoms with van der Waals surface area (Å²) < 4.78 is 0. The lowest BCUT2D eigenvalue weighted by molar-refractivity contribution is -0.130. The minimum Gasteiger partial charge on any atom is -0.363 e. The normalized spacial score (nSPS) is 14.7. The first-order valence-electron chi connectivity index (χ1n) is 6.72. The van der Waals surface area contributed by atoms with Gasteiger partial charge in [0.1, 0.15) is 11.5 Å². The van der Waals surface area contributed by atoms with Crippen molar-refractivity contribution >= 4 is 23.3 Å². The zero-order chi connectivity index (χ0) is 15.4. The number of anilines is 1. The third-order valence-electron chi connectivity index (χ3n) is 3.19. The Morgan fingerprint density at radius 3 is 2.71 bits per heavy atom. The van der Waals surface area contributed by atoms with Gasteiger partial charge in [0, 0.05) is 46.7 Å². The van der Waals surface area contributed by atoms with Gasteiger partial charge in [-0.25, -0.2) is 9.99 Å². The first-order valence-corrected chi connectivity index (χ1v) is 6.72. The van der Waals surface area contributed by atoms with Crippen LogP contribution in [0.2, 0.25) is 0 Å². The summed E-state index contributed by atoms with van der Waals surface area (Å²) in [6.45, 7) is 0.385. The molecule has 1 aromatic rings. The molecule has 1 aliphatic heterocycles. The number of hydrogen-bond donors (Lipinski definition) is 1. The number of amides is 2. The molecule has 0 saturated carbocycles. The first kappa shape index (κ1) is 15.0. The van der Waals surface area contributed by atoms with Crippen molar-refractivity contribution in [3.05, 3.63) is 23.9 Å². The molecule has 2 heterocycles. The van der Waals surface area contributed by atoms with Crippen molar-refractivity contribution in [2.75, 3.05) is 26.0 Å². The van der Waals surface area contributed by atoms with Gasteiger partial charge in [-0.2, -0.15) is 5.10 Å². The van der Waals surface area contributed by atoms with E-state index in [1.54, 1.807) is 13.2 Å². The van der Waals surface area contributed by atoms with E-state index in [0.717, 1.165) is 11.4 Å². The van der Waals surface area contributed by atoms with E-state index in [4.69, 9.17) is 0 Å². The van der Waals surface area contributed by atoms with E-state index >= 15 is 0 Å². The maximum atomic E-state index is 12.0. The standard InChI is InChI=1S/C14H19N5O2/c1-18(2)12-6-4-10(8-15-12)9-16-14(21)11-5-7-13(20)19(3)17-11/h4,6,8H,5,7,9H2,1-3H3,(H,16,21). The summed E-state index contributed by atoms with van der Waals surface area (Å²) in [6, 6.07) is 3.81. The van der Waals surface area contributed by atoms with Crippen LogP contribution in [0, 0.1) is 0 Å². The molecule has 2 rings (SSSR count). The van der Waals surface area contributed by atoms with Crippen molar-refractivity contribution in [1.82, 2.24) is 15.3 Å². The molecule has 112 valence electrons. The summed E-state index contributed by atoms with van der Waals surface area (Å²) >= 11 is 0. The minimum absolute atomic E-state index is 0.0741. The van der Waals surface area contributed by atoms with E-state index in [2.05, 4.69) is 15.4 Å². The van der Waals surface area contributed by atoms with Crippen LogP contribution in [-0.4, -0.2) is 48.7 Å². The number of hydrogen-bond acceptors (Lipinski definition) is 5. The molecule has 0 atom stereocenters. The second-order valence-corrected chi connectivity index (χ2v) is 5.07. The van der Waals surface area contributed by atoms with Crippen LogP contribution < -0.4 is 10.2 Å². The molecule has 1 N–H and O–H groups in total. The average molecular weight is 289 g/mol. The van der Waals surface area contributed by atoms with Gasteiger partial charge in [0.2, 0.25) is 5.91 Å². The van der Waals surface area contributed by atoms with Gasteiger partial charge in [-0.05, 0) is 11.6 Å². The molecule has 0 bridgehead atoms. The van der Waals surface area contributed by atoms with Crippen LogP contribution in [-0.2, 0) is 16.1 Å². The molecule has 1 aliphatic rings. The summed E-state index contributed by atoms with van der Waals surface area (Å²) in [7, 11) is 5.39. The molecule has 1 aromatic heterocycles. The molecule has 7 heteroatoms. The van der Waals surface area contributed by atoms with E-state index in [0.29, 0.717) is 25.1 Å². The van der Waals surface area contributed by atoms with Crippen LogP contribution in [0.1, 0.15) is 18.4 Å². The summed E-state index contributed by atoms with van der Waals surface area (Å²) in [5.74, 6) is 0.544. The Hall–Kier alpha value is -2.44. The average Bonchev–Trinajstić information content (AvgIpc) is 2.48. The summed E-state index contributed by atoms with van der Waals surface area (Å²) in [6.07, 6.45) is 2.43. The number of pyridine rings is 1. The lowest BCUT2D eigenvalue weighted by Gasteiger charge is -2.19. The molecule has 0 radical (unpaired) electrons. The van der Waals surface area contributed by atoms with E-state index in [1.807, 2.05) is 31.1 Å². The van der Waals surface area contributed by atoms with Crippen LogP contribution in [0.3, 0.4) is 0 Å². The Morgan fingerprint density at radius 1 is 1.38 bits per heavy atom. The molecule has 0 fully saturated rings. The molecule has 21 heavy (non-hydrogen) atoms. The second kappa shape index (κ2) is 6.34. The molecule has 2 amide bonds. The van der Waals surface area contributed by atoms with Crippen molar-refractivity contribution in [2.24, 2.45) is 5.10 Å². The lowest BCUT2D eigenvalue weighted by atomic mass is 10.1. The van der Waals surface area contributed by atoms with E-state index < -0.39 is 0 Å². The van der Waals surface area contributed by atoms with Crippen LogP contribution in [0.25, 0.3) is 0 Å². The van der Waals surface area contributed by atoms with Crippen molar-refractivity contribution in [3.8, 4) is 0 Å². The monoisotopic (exact) mass is 289 g/mol. The minimum atomic E-state index is -0.244. The van der Waals surface area contributed by atoms with E-state index in [1.165, 1.54) is 5.01 Å². The fourth-order valence-electron chi connectivity index (χ4n) is 1.90. The molecule has 0 aromatic carbocycles. The fraction of sp³-hybridized carbons (Fsp3) is 0.429. The topological polar surface area (TPSA) is 77.9 Å². The van der Waals surface area contributed by atoms with Crippen molar-refractivity contribution < 1.29 is 9.59 Å². The third-order valence-corrected chi connectivity index (χ3v) is 3.19. The zero-order valence-electron chi connectivity index (χ0n) is 12.5. The van der Waals surface area contributed by atoms with Gasteiger partial charge >= 0.3 is 0 Å². The van der Waals surface area contributed by atoms with Gasteiger partial charge in [0.05, 0.1) is 0 Å². The largest absolute Gasteiger partial charge is 0.363 e. The van der Waals surface area contributed by atoms with Crippen molar-refractivity contribution in [2.45, 2.75) is 19.4 Å². The highest BCUT2D eigenvalue weighted by Crippen LogP contribution is 2.09. The number of carbonyl (C=O) groups excluding carboxylic acids is 2. The van der Waals surface area contributed by atoms with E-state index in [-0.39, 0.29) is 11.8 Å². The van der Waals surface area contributed by atoms with Crippen molar-refractivity contribution in [3.63, 3.8) is 0 Å². The predicted molar refractivity (Wildman–Crippen MR) is 79.8 cm³/mol. The smallest absolute Gasteiger partial charge is 0.267 e. The molecular formula is C14H19N5O2. The Kier molecular flexibility index (Phi) is 4.52. The highest BCUT2D eigenvalue weighted by molar-refractivity contribution is 6.39. The number of carbonyl (C=O) groups is 2. The number of aromatic nitrogens is 1. The molecule has 0 aliphatic carbocycles. The predicted octanol–water partition coefficient (Wildman–Crippen LogP) is 0.372. The SMILES string of the molecule is CN1N=C(C(=O)NCc2ccc(N(C)C)nc2)CCC1=O. The van der Waals surface area contributed by atoms with Gasteiger partial charge in [-0.15, -0.1) is 0 Å². The molecule has 0 saturated heterocycles. The number of hydrazone groups is 1. The molecular weight excluding hydrogens is 270 g/mol. The molecule has 0 spiro atoms. The molecule has 0 unspecified atom stereocenters. The number of nitrogens with one attached hydrogen (secondary N) is 1. The fourth-order valence-corrected chi connectivity index (χ4v) is 1.90. The third kappa shape index (κ3) is 3.77. The van der Waals surface area contributed by atoms with Gasteiger partial charge in [-0.1, -0.05) is 6.07 Å². The first-order chi connectivity index (χ1) is 9.97. The lowest BCUT2D eigenvalue weighted by Crippen LogP contribution is -2.37. The van der Waals surface area contributed by atoms with Gasteiger partial charge in [0.25, 0.3) is 5.91 Å². The summed E-state index contributed by atoms with van der Waals surface area (Å²) in [5.41, 5.74) is 1.30. The quantitative estimate of drug-likeness (QED) is 0.869. The van der Waals surface area contributed by atoms with Crippen molar-refractivity contribution in [1.29, 1.82) is 0 Å². The Bertz CT molecular complexity index is 565. The van der Waals surface area contributed by atoms with Crippen LogP contribution in [0.4, 0.5) is 5.82 Å². The number of nitrogens with zero attached hydrogens (tertiary/aromatic N) is 4. The summed E-state index contributed by atoms with van der Waals surface area (Å²) in [4.78, 5) is 29.5. The second-order valence-electron chi connectivity index (χ2n) is 5.07. The number of rotatable bonds is 4. The van der Waals surface area contributed by atoms with E-state index in [9.17, 15) is 9.59 Å². The Labute approximate surface area is 123 Å². The highest BCUT2D eigenvalue weighted by Gasteiger charge is 2.21. The van der Waals surface area contributed by atoms with Gasteiger partial charge in [0.15, 0.2) is 0 Å². The zero-order valence-corrected chi connectivity index (χ0v) is 12.5. The highest BCUT2D eigenvalue weighted by atomic mass is 16.2. The Morgan fingerprint density at radius 2 is 2.14 bits per heavy atom. The van der Waals surface area contributed by atoms with Crippen LogP contribution in [0.5, 0.6) is 0 Å². The van der Waals surface area contributed by atoms with Crippen LogP contribution in [0.15, 0.2) is 23.4 Å². The Balaban J connectivity index is 1.92. The molecule has 7 nitrogen and oxygen atoms in total.